The summed E-state index contributed by atoms with van der Waals surface area (Å²) < 4.78 is 11.1. The SMILES string of the molecule is COCc1cccc(Oc2c(C)cccc2CN)c1. The normalized spacial score (nSPS) is 10.5. The van der Waals surface area contributed by atoms with Gasteiger partial charge in [-0.15, -0.1) is 0 Å². The number of benzene rings is 2. The van der Waals surface area contributed by atoms with Gasteiger partial charge in [0.05, 0.1) is 6.61 Å². The largest absolute Gasteiger partial charge is 0.457 e. The first-order chi connectivity index (χ1) is 9.24. The molecule has 0 aliphatic rings. The number of ether oxygens (including phenoxy) is 2. The zero-order valence-corrected chi connectivity index (χ0v) is 11.3. The zero-order chi connectivity index (χ0) is 13.7. The van der Waals surface area contributed by atoms with Crippen LogP contribution in [0.5, 0.6) is 11.5 Å². The molecule has 0 aliphatic carbocycles. The quantitative estimate of drug-likeness (QED) is 0.893. The minimum absolute atomic E-state index is 0.467. The molecule has 0 bridgehead atoms. The number of nitrogens with two attached hydrogens (primary N) is 1. The van der Waals surface area contributed by atoms with Gasteiger partial charge in [-0.25, -0.2) is 0 Å². The molecule has 0 heterocycles. The van der Waals surface area contributed by atoms with E-state index in [-0.39, 0.29) is 0 Å². The maximum atomic E-state index is 5.98. The molecule has 0 fully saturated rings. The van der Waals surface area contributed by atoms with Crippen molar-refractivity contribution in [1.82, 2.24) is 0 Å². The summed E-state index contributed by atoms with van der Waals surface area (Å²) in [4.78, 5) is 0. The molecule has 2 aromatic carbocycles. The van der Waals surface area contributed by atoms with Crippen molar-refractivity contribution in [1.29, 1.82) is 0 Å². The molecule has 19 heavy (non-hydrogen) atoms. The van der Waals surface area contributed by atoms with Crippen LogP contribution in [0.1, 0.15) is 16.7 Å². The van der Waals surface area contributed by atoms with E-state index in [4.69, 9.17) is 15.2 Å². The van der Waals surface area contributed by atoms with Crippen molar-refractivity contribution < 1.29 is 9.47 Å². The lowest BCUT2D eigenvalue weighted by Gasteiger charge is -2.13. The lowest BCUT2D eigenvalue weighted by atomic mass is 10.1. The van der Waals surface area contributed by atoms with Gasteiger partial charge in [0, 0.05) is 19.2 Å². The van der Waals surface area contributed by atoms with Gasteiger partial charge >= 0.3 is 0 Å². The molecule has 3 heteroatoms. The number of rotatable bonds is 5. The molecule has 0 atom stereocenters. The van der Waals surface area contributed by atoms with Crippen LogP contribution < -0.4 is 10.5 Å². The van der Waals surface area contributed by atoms with E-state index in [0.717, 1.165) is 28.2 Å². The maximum absolute atomic E-state index is 5.98. The van der Waals surface area contributed by atoms with E-state index in [9.17, 15) is 0 Å². The summed E-state index contributed by atoms with van der Waals surface area (Å²) in [5, 5.41) is 0. The molecule has 2 rings (SSSR count). The Bertz CT molecular complexity index is 552. The van der Waals surface area contributed by atoms with Crippen LogP contribution in [0.25, 0.3) is 0 Å². The summed E-state index contributed by atoms with van der Waals surface area (Å²) in [6.07, 6.45) is 0. The third-order valence-corrected chi connectivity index (χ3v) is 2.94. The summed E-state index contributed by atoms with van der Waals surface area (Å²) >= 11 is 0. The molecule has 0 amide bonds. The van der Waals surface area contributed by atoms with Gasteiger partial charge in [-0.3, -0.25) is 0 Å². The average Bonchev–Trinajstić information content (AvgIpc) is 2.42. The second-order valence-corrected chi connectivity index (χ2v) is 4.45. The van der Waals surface area contributed by atoms with Crippen molar-refractivity contribution in [2.75, 3.05) is 7.11 Å². The van der Waals surface area contributed by atoms with E-state index in [1.165, 1.54) is 0 Å². The van der Waals surface area contributed by atoms with Crippen molar-refractivity contribution in [3.05, 3.63) is 59.2 Å². The fraction of sp³-hybridized carbons (Fsp3) is 0.250. The van der Waals surface area contributed by atoms with Crippen LogP contribution in [0, 0.1) is 6.92 Å². The Hall–Kier alpha value is -1.84. The molecule has 100 valence electrons. The molecule has 0 radical (unpaired) electrons. The Morgan fingerprint density at radius 1 is 1.11 bits per heavy atom. The molecule has 2 aromatic rings. The summed E-state index contributed by atoms with van der Waals surface area (Å²) in [7, 11) is 1.68. The predicted molar refractivity (Wildman–Crippen MR) is 76.3 cm³/mol. The van der Waals surface area contributed by atoms with E-state index >= 15 is 0 Å². The van der Waals surface area contributed by atoms with Gasteiger partial charge in [0.25, 0.3) is 0 Å². The van der Waals surface area contributed by atoms with E-state index in [1.807, 2.05) is 49.4 Å². The number of methoxy groups -OCH3 is 1. The lowest BCUT2D eigenvalue weighted by molar-refractivity contribution is 0.184. The fourth-order valence-electron chi connectivity index (χ4n) is 2.00. The van der Waals surface area contributed by atoms with E-state index < -0.39 is 0 Å². The Morgan fingerprint density at radius 3 is 2.63 bits per heavy atom. The van der Waals surface area contributed by atoms with Crippen molar-refractivity contribution in [3.8, 4) is 11.5 Å². The standard InChI is InChI=1S/C16H19NO2/c1-12-5-3-7-14(10-17)16(12)19-15-8-4-6-13(9-15)11-18-2/h3-9H,10-11,17H2,1-2H3. The zero-order valence-electron chi connectivity index (χ0n) is 11.3. The van der Waals surface area contributed by atoms with E-state index in [1.54, 1.807) is 7.11 Å². The molecule has 3 nitrogen and oxygen atoms in total. The second kappa shape index (κ2) is 6.36. The second-order valence-electron chi connectivity index (χ2n) is 4.45. The van der Waals surface area contributed by atoms with Crippen LogP contribution in [-0.4, -0.2) is 7.11 Å². The van der Waals surface area contributed by atoms with Crippen LogP contribution >= 0.6 is 0 Å². The molecule has 0 aliphatic heterocycles. The maximum Gasteiger partial charge on any atom is 0.134 e. The predicted octanol–water partition coefficient (Wildman–Crippen LogP) is 3.39. The minimum Gasteiger partial charge on any atom is -0.457 e. The monoisotopic (exact) mass is 257 g/mol. The van der Waals surface area contributed by atoms with E-state index in [2.05, 4.69) is 0 Å². The van der Waals surface area contributed by atoms with Crippen molar-refractivity contribution in [2.24, 2.45) is 5.73 Å². The summed E-state index contributed by atoms with van der Waals surface area (Å²) in [6.45, 7) is 3.07. The highest BCUT2D eigenvalue weighted by atomic mass is 16.5. The number of para-hydroxylation sites is 1. The summed E-state index contributed by atoms with van der Waals surface area (Å²) in [5.74, 6) is 1.65. The van der Waals surface area contributed by atoms with E-state index in [0.29, 0.717) is 13.2 Å². The third-order valence-electron chi connectivity index (χ3n) is 2.94. The van der Waals surface area contributed by atoms with Gasteiger partial charge in [-0.05, 0) is 30.2 Å². The van der Waals surface area contributed by atoms with Crippen molar-refractivity contribution in [3.63, 3.8) is 0 Å². The summed E-state index contributed by atoms with van der Waals surface area (Å²) in [6, 6.07) is 13.9. The number of aryl methyl sites for hydroxylation is 1. The third kappa shape index (κ3) is 3.34. The summed E-state index contributed by atoms with van der Waals surface area (Å²) in [5.41, 5.74) is 8.93. The Labute approximate surface area is 114 Å². The highest BCUT2D eigenvalue weighted by Crippen LogP contribution is 2.29. The van der Waals surface area contributed by atoms with Gasteiger partial charge in [0.15, 0.2) is 0 Å². The van der Waals surface area contributed by atoms with Crippen LogP contribution in [0.3, 0.4) is 0 Å². The molecule has 2 N–H and O–H groups in total. The Kier molecular flexibility index (Phi) is 4.55. The first kappa shape index (κ1) is 13.6. The van der Waals surface area contributed by atoms with Crippen LogP contribution in [0.2, 0.25) is 0 Å². The van der Waals surface area contributed by atoms with Gasteiger partial charge in [0.2, 0.25) is 0 Å². The van der Waals surface area contributed by atoms with Crippen LogP contribution in [0.4, 0.5) is 0 Å². The topological polar surface area (TPSA) is 44.5 Å². The molecular weight excluding hydrogens is 238 g/mol. The molecule has 0 unspecified atom stereocenters. The Balaban J connectivity index is 2.28. The van der Waals surface area contributed by atoms with Gasteiger partial charge < -0.3 is 15.2 Å². The first-order valence-corrected chi connectivity index (χ1v) is 6.29. The molecule has 0 spiro atoms. The van der Waals surface area contributed by atoms with Crippen molar-refractivity contribution >= 4 is 0 Å². The van der Waals surface area contributed by atoms with Crippen molar-refractivity contribution in [2.45, 2.75) is 20.1 Å². The first-order valence-electron chi connectivity index (χ1n) is 6.29. The fourth-order valence-corrected chi connectivity index (χ4v) is 2.00. The molecular formula is C16H19NO2. The van der Waals surface area contributed by atoms with Crippen LogP contribution in [0.15, 0.2) is 42.5 Å². The van der Waals surface area contributed by atoms with Gasteiger partial charge in [-0.1, -0.05) is 30.3 Å². The number of hydrogen-bond acceptors (Lipinski definition) is 3. The molecule has 0 aromatic heterocycles. The molecule has 0 saturated heterocycles. The smallest absolute Gasteiger partial charge is 0.134 e. The van der Waals surface area contributed by atoms with Gasteiger partial charge in [0.1, 0.15) is 11.5 Å². The van der Waals surface area contributed by atoms with Gasteiger partial charge in [-0.2, -0.15) is 0 Å². The highest BCUT2D eigenvalue weighted by molar-refractivity contribution is 5.44. The average molecular weight is 257 g/mol. The minimum atomic E-state index is 0.467. The van der Waals surface area contributed by atoms with Crippen LogP contribution in [-0.2, 0) is 17.9 Å². The number of hydrogen-bond donors (Lipinski definition) is 1. The Morgan fingerprint density at radius 2 is 1.89 bits per heavy atom. The lowest BCUT2D eigenvalue weighted by Crippen LogP contribution is -2.01. The molecule has 0 saturated carbocycles. The highest BCUT2D eigenvalue weighted by Gasteiger charge is 2.07.